The van der Waals surface area contributed by atoms with E-state index in [1.165, 1.54) is 20.6 Å². The lowest BCUT2D eigenvalue weighted by atomic mass is 9.78. The molecule has 0 saturated heterocycles. The minimum Gasteiger partial charge on any atom is -0.305 e. The summed E-state index contributed by atoms with van der Waals surface area (Å²) in [5.41, 5.74) is 2.95. The molecule has 1 aromatic heterocycles. The summed E-state index contributed by atoms with van der Waals surface area (Å²) in [6.45, 7) is 3.15. The van der Waals surface area contributed by atoms with Crippen molar-refractivity contribution >= 4 is 27.3 Å². The summed E-state index contributed by atoms with van der Waals surface area (Å²) in [6, 6.07) is 6.65. The third-order valence-corrected chi connectivity index (χ3v) is 5.31. The maximum atomic E-state index is 4.57. The zero-order chi connectivity index (χ0) is 13.3. The summed E-state index contributed by atoms with van der Waals surface area (Å²) in [4.78, 5) is 4.57. The fraction of sp³-hybridized carbons (Fsp3) is 0.400. The second-order valence-corrected chi connectivity index (χ2v) is 6.85. The SMILES string of the molecule is CCNC1(c2nccs2)CCc2cc(Br)ccc2C1. The number of rotatable bonds is 3. The number of hydrogen-bond donors (Lipinski definition) is 1. The van der Waals surface area contributed by atoms with Crippen LogP contribution in [-0.4, -0.2) is 11.5 Å². The Morgan fingerprint density at radius 2 is 2.32 bits per heavy atom. The van der Waals surface area contributed by atoms with Gasteiger partial charge in [-0.3, -0.25) is 0 Å². The highest BCUT2D eigenvalue weighted by molar-refractivity contribution is 9.10. The second-order valence-electron chi connectivity index (χ2n) is 5.04. The van der Waals surface area contributed by atoms with Crippen molar-refractivity contribution in [3.63, 3.8) is 0 Å². The first-order chi connectivity index (χ1) is 9.23. The Bertz CT molecular complexity index is 568. The normalized spacial score (nSPS) is 22.2. The molecule has 0 aliphatic heterocycles. The van der Waals surface area contributed by atoms with E-state index >= 15 is 0 Å². The van der Waals surface area contributed by atoms with Crippen LogP contribution >= 0.6 is 27.3 Å². The molecule has 3 rings (SSSR count). The van der Waals surface area contributed by atoms with Crippen molar-refractivity contribution < 1.29 is 0 Å². The predicted octanol–water partition coefficient (Wildman–Crippen LogP) is 3.90. The van der Waals surface area contributed by atoms with Crippen LogP contribution in [0.5, 0.6) is 0 Å². The summed E-state index contributed by atoms with van der Waals surface area (Å²) in [6.07, 6.45) is 5.19. The van der Waals surface area contributed by atoms with Gasteiger partial charge in [0.25, 0.3) is 0 Å². The van der Waals surface area contributed by atoms with Gasteiger partial charge >= 0.3 is 0 Å². The molecule has 4 heteroatoms. The molecule has 0 fully saturated rings. The fourth-order valence-electron chi connectivity index (χ4n) is 2.97. The highest BCUT2D eigenvalue weighted by Crippen LogP contribution is 2.38. The average molecular weight is 337 g/mol. The van der Waals surface area contributed by atoms with Crippen molar-refractivity contribution in [2.24, 2.45) is 0 Å². The van der Waals surface area contributed by atoms with E-state index in [2.05, 4.69) is 56.7 Å². The van der Waals surface area contributed by atoms with E-state index in [1.807, 2.05) is 6.20 Å². The number of benzene rings is 1. The molecule has 19 heavy (non-hydrogen) atoms. The Labute approximate surface area is 126 Å². The molecule has 1 unspecified atom stereocenters. The maximum absolute atomic E-state index is 4.57. The third kappa shape index (κ3) is 2.49. The Balaban J connectivity index is 1.99. The molecule has 2 aromatic rings. The van der Waals surface area contributed by atoms with Gasteiger partial charge in [-0.15, -0.1) is 11.3 Å². The van der Waals surface area contributed by atoms with Gasteiger partial charge in [0.15, 0.2) is 0 Å². The Hall–Kier alpha value is -0.710. The molecule has 0 spiro atoms. The Morgan fingerprint density at radius 3 is 3.05 bits per heavy atom. The van der Waals surface area contributed by atoms with Crippen LogP contribution in [0.2, 0.25) is 0 Å². The van der Waals surface area contributed by atoms with Crippen LogP contribution in [0.15, 0.2) is 34.2 Å². The minimum absolute atomic E-state index is 0.0315. The topological polar surface area (TPSA) is 24.9 Å². The van der Waals surface area contributed by atoms with E-state index in [0.29, 0.717) is 0 Å². The predicted molar refractivity (Wildman–Crippen MR) is 83.6 cm³/mol. The van der Waals surface area contributed by atoms with E-state index in [0.717, 1.165) is 25.8 Å². The molecule has 0 bridgehead atoms. The zero-order valence-electron chi connectivity index (χ0n) is 10.9. The largest absolute Gasteiger partial charge is 0.305 e. The molecule has 1 heterocycles. The quantitative estimate of drug-likeness (QED) is 0.919. The summed E-state index contributed by atoms with van der Waals surface area (Å²) >= 11 is 5.33. The van der Waals surface area contributed by atoms with Crippen molar-refractivity contribution in [2.75, 3.05) is 6.54 Å². The molecule has 0 radical (unpaired) electrons. The van der Waals surface area contributed by atoms with Crippen molar-refractivity contribution in [2.45, 2.75) is 31.7 Å². The smallest absolute Gasteiger partial charge is 0.113 e. The first-order valence-corrected chi connectivity index (χ1v) is 8.33. The first-order valence-electron chi connectivity index (χ1n) is 6.66. The van der Waals surface area contributed by atoms with Gasteiger partial charge < -0.3 is 5.32 Å². The Morgan fingerprint density at radius 1 is 1.42 bits per heavy atom. The molecule has 2 nitrogen and oxygen atoms in total. The van der Waals surface area contributed by atoms with Gasteiger partial charge in [-0.05, 0) is 49.1 Å². The van der Waals surface area contributed by atoms with Gasteiger partial charge in [-0.2, -0.15) is 0 Å². The highest BCUT2D eigenvalue weighted by Gasteiger charge is 2.37. The molecule has 100 valence electrons. The minimum atomic E-state index is 0.0315. The van der Waals surface area contributed by atoms with E-state index in [-0.39, 0.29) is 5.54 Å². The van der Waals surface area contributed by atoms with Crippen molar-refractivity contribution in [3.8, 4) is 0 Å². The van der Waals surface area contributed by atoms with E-state index in [9.17, 15) is 0 Å². The number of thiazole rings is 1. The number of aryl methyl sites for hydroxylation is 1. The molecular formula is C15H17BrN2S. The lowest BCUT2D eigenvalue weighted by molar-refractivity contribution is 0.296. The van der Waals surface area contributed by atoms with Gasteiger partial charge in [0.1, 0.15) is 5.01 Å². The summed E-state index contributed by atoms with van der Waals surface area (Å²) in [5, 5.41) is 6.99. The number of fused-ring (bicyclic) bond motifs is 1. The van der Waals surface area contributed by atoms with E-state index in [1.54, 1.807) is 11.3 Å². The van der Waals surface area contributed by atoms with Crippen LogP contribution in [0.1, 0.15) is 29.5 Å². The first kappa shape index (κ1) is 13.3. The highest BCUT2D eigenvalue weighted by atomic mass is 79.9. The summed E-state index contributed by atoms with van der Waals surface area (Å²) in [5.74, 6) is 0. The van der Waals surface area contributed by atoms with Crippen molar-refractivity contribution in [3.05, 3.63) is 50.4 Å². The second kappa shape index (κ2) is 5.35. The lowest BCUT2D eigenvalue weighted by Gasteiger charge is -2.37. The van der Waals surface area contributed by atoms with Crippen LogP contribution in [0.3, 0.4) is 0 Å². The number of likely N-dealkylation sites (N-methyl/N-ethyl adjacent to an activating group) is 1. The number of aromatic nitrogens is 1. The summed E-state index contributed by atoms with van der Waals surface area (Å²) < 4.78 is 1.18. The van der Waals surface area contributed by atoms with Crippen LogP contribution in [0.4, 0.5) is 0 Å². The van der Waals surface area contributed by atoms with Crippen LogP contribution in [0.25, 0.3) is 0 Å². The lowest BCUT2D eigenvalue weighted by Crippen LogP contribution is -2.46. The average Bonchev–Trinajstić information content (AvgIpc) is 2.94. The molecule has 0 amide bonds. The molecule has 1 aliphatic rings. The number of nitrogens with one attached hydrogen (secondary N) is 1. The molecular weight excluding hydrogens is 320 g/mol. The van der Waals surface area contributed by atoms with Crippen molar-refractivity contribution in [1.29, 1.82) is 0 Å². The Kier molecular flexibility index (Phi) is 3.74. The van der Waals surface area contributed by atoms with E-state index < -0.39 is 0 Å². The molecule has 1 atom stereocenters. The zero-order valence-corrected chi connectivity index (χ0v) is 13.4. The van der Waals surface area contributed by atoms with Crippen LogP contribution in [-0.2, 0) is 18.4 Å². The molecule has 0 saturated carbocycles. The van der Waals surface area contributed by atoms with Gasteiger partial charge in [-0.1, -0.05) is 28.9 Å². The van der Waals surface area contributed by atoms with Crippen LogP contribution in [0, 0.1) is 0 Å². The standard InChI is InChI=1S/C15H17BrN2S/c1-2-18-15(14-17-7-8-19-14)6-5-11-9-13(16)4-3-12(11)10-15/h3-4,7-9,18H,2,5-6,10H2,1H3. The fourth-order valence-corrected chi connectivity index (χ4v) is 4.22. The third-order valence-electron chi connectivity index (χ3n) is 3.84. The van der Waals surface area contributed by atoms with Gasteiger partial charge in [0.2, 0.25) is 0 Å². The van der Waals surface area contributed by atoms with Crippen molar-refractivity contribution in [1.82, 2.24) is 10.3 Å². The number of nitrogens with zero attached hydrogens (tertiary/aromatic N) is 1. The monoisotopic (exact) mass is 336 g/mol. The van der Waals surface area contributed by atoms with Gasteiger partial charge in [0.05, 0.1) is 5.54 Å². The summed E-state index contributed by atoms with van der Waals surface area (Å²) in [7, 11) is 0. The van der Waals surface area contributed by atoms with E-state index in [4.69, 9.17) is 0 Å². The number of halogens is 1. The van der Waals surface area contributed by atoms with Crippen LogP contribution < -0.4 is 5.32 Å². The molecule has 1 N–H and O–H groups in total. The molecule has 1 aliphatic carbocycles. The molecule has 1 aromatic carbocycles. The van der Waals surface area contributed by atoms with Gasteiger partial charge in [0, 0.05) is 16.0 Å². The van der Waals surface area contributed by atoms with Gasteiger partial charge in [-0.25, -0.2) is 4.98 Å². The maximum Gasteiger partial charge on any atom is 0.113 e. The number of hydrogen-bond acceptors (Lipinski definition) is 3.